The molecule has 0 fully saturated rings. The maximum absolute atomic E-state index is 12.3. The van der Waals surface area contributed by atoms with E-state index in [9.17, 15) is 22.8 Å². The summed E-state index contributed by atoms with van der Waals surface area (Å²) in [5, 5.41) is -0.423. The van der Waals surface area contributed by atoms with Crippen molar-refractivity contribution in [2.75, 3.05) is 6.61 Å². The van der Waals surface area contributed by atoms with Crippen LogP contribution in [-0.2, 0) is 20.5 Å². The van der Waals surface area contributed by atoms with E-state index in [0.717, 1.165) is 24.3 Å². The average molecular weight is 308 g/mol. The molecule has 8 heteroatoms. The second-order valence-corrected chi connectivity index (χ2v) is 3.85. The molecule has 0 radical (unpaired) electrons. The van der Waals surface area contributed by atoms with Gasteiger partial charge < -0.3 is 4.74 Å². The molecule has 0 spiro atoms. The number of rotatable bonds is 4. The lowest BCUT2D eigenvalue weighted by atomic mass is 10.2. The molecule has 0 saturated carbocycles. The van der Waals surface area contributed by atoms with Crippen LogP contribution in [0.5, 0.6) is 0 Å². The molecule has 0 N–H and O–H groups in total. The molecule has 0 aliphatic heterocycles. The first-order valence-corrected chi connectivity index (χ1v) is 5.76. The predicted molar refractivity (Wildman–Crippen MR) is 64.9 cm³/mol. The van der Waals surface area contributed by atoms with Gasteiger partial charge in [-0.15, -0.1) is 0 Å². The number of ketones is 1. The summed E-state index contributed by atoms with van der Waals surface area (Å²) in [6, 6.07) is 1.77. The fourth-order valence-electron chi connectivity index (χ4n) is 1.16. The third-order valence-electron chi connectivity index (χ3n) is 2.06. The Morgan fingerprint density at radius 2 is 2.05 bits per heavy atom. The standard InChI is InChI=1S/C12H9ClF3NO3/c1-2-20-11(19)8(18)5-3-7-4-6-9(12(14,15)16)17-10(7)13/h3-6H,2H2,1H3/b5-3+. The fourth-order valence-corrected chi connectivity index (χ4v) is 1.38. The highest BCUT2D eigenvalue weighted by atomic mass is 35.5. The molecule has 20 heavy (non-hydrogen) atoms. The van der Waals surface area contributed by atoms with Crippen LogP contribution in [0.1, 0.15) is 18.2 Å². The van der Waals surface area contributed by atoms with Gasteiger partial charge in [-0.3, -0.25) is 4.79 Å². The zero-order valence-corrected chi connectivity index (χ0v) is 11.0. The van der Waals surface area contributed by atoms with Gasteiger partial charge in [-0.25, -0.2) is 9.78 Å². The topological polar surface area (TPSA) is 56.3 Å². The Hall–Kier alpha value is -1.89. The minimum Gasteiger partial charge on any atom is -0.460 e. The summed E-state index contributed by atoms with van der Waals surface area (Å²) in [7, 11) is 0. The second-order valence-electron chi connectivity index (χ2n) is 3.49. The molecule has 0 aliphatic rings. The van der Waals surface area contributed by atoms with Gasteiger partial charge in [-0.2, -0.15) is 13.2 Å². The summed E-state index contributed by atoms with van der Waals surface area (Å²) in [5.41, 5.74) is -1.06. The van der Waals surface area contributed by atoms with Gasteiger partial charge in [0.2, 0.25) is 0 Å². The summed E-state index contributed by atoms with van der Waals surface area (Å²) in [4.78, 5) is 25.4. The monoisotopic (exact) mass is 307 g/mol. The van der Waals surface area contributed by atoms with Crippen molar-refractivity contribution in [1.82, 2.24) is 4.98 Å². The van der Waals surface area contributed by atoms with Crippen LogP contribution < -0.4 is 0 Å². The van der Waals surface area contributed by atoms with Gasteiger partial charge in [0.25, 0.3) is 5.78 Å². The number of carbonyl (C=O) groups is 2. The van der Waals surface area contributed by atoms with Crippen LogP contribution in [0.25, 0.3) is 6.08 Å². The Kier molecular flexibility index (Phi) is 5.26. The molecule has 4 nitrogen and oxygen atoms in total. The van der Waals surface area contributed by atoms with Gasteiger partial charge in [0.15, 0.2) is 0 Å². The van der Waals surface area contributed by atoms with E-state index >= 15 is 0 Å². The molecule has 0 atom stereocenters. The van der Waals surface area contributed by atoms with Crippen LogP contribution in [-0.4, -0.2) is 23.3 Å². The van der Waals surface area contributed by atoms with Crippen molar-refractivity contribution in [1.29, 1.82) is 0 Å². The third-order valence-corrected chi connectivity index (χ3v) is 2.36. The highest BCUT2D eigenvalue weighted by molar-refractivity contribution is 6.39. The molecule has 1 rings (SSSR count). The zero-order chi connectivity index (χ0) is 15.3. The smallest absolute Gasteiger partial charge is 0.433 e. The van der Waals surface area contributed by atoms with Crippen LogP contribution in [0.2, 0.25) is 5.15 Å². The van der Waals surface area contributed by atoms with E-state index in [1.165, 1.54) is 6.92 Å². The Balaban J connectivity index is 2.89. The van der Waals surface area contributed by atoms with Crippen LogP contribution in [0.15, 0.2) is 18.2 Å². The van der Waals surface area contributed by atoms with Crippen molar-refractivity contribution in [3.63, 3.8) is 0 Å². The lowest BCUT2D eigenvalue weighted by Crippen LogP contribution is -2.14. The number of pyridine rings is 1. The highest BCUT2D eigenvalue weighted by Crippen LogP contribution is 2.29. The number of ether oxygens (including phenoxy) is 1. The van der Waals surface area contributed by atoms with Crippen molar-refractivity contribution in [2.24, 2.45) is 0 Å². The number of alkyl halides is 3. The Morgan fingerprint density at radius 3 is 2.55 bits per heavy atom. The quantitative estimate of drug-likeness (QED) is 0.371. The Bertz CT molecular complexity index is 555. The first-order chi connectivity index (χ1) is 9.25. The third kappa shape index (κ3) is 4.34. The van der Waals surface area contributed by atoms with Gasteiger partial charge in [-0.05, 0) is 31.2 Å². The van der Waals surface area contributed by atoms with Crippen LogP contribution in [0.4, 0.5) is 13.2 Å². The second kappa shape index (κ2) is 6.51. The molecule has 0 unspecified atom stereocenters. The molecule has 1 aromatic rings. The van der Waals surface area contributed by atoms with E-state index in [2.05, 4.69) is 9.72 Å². The lowest BCUT2D eigenvalue weighted by Gasteiger charge is -2.06. The van der Waals surface area contributed by atoms with Crippen molar-refractivity contribution in [2.45, 2.75) is 13.1 Å². The van der Waals surface area contributed by atoms with E-state index in [-0.39, 0.29) is 12.2 Å². The number of carbonyl (C=O) groups excluding carboxylic acids is 2. The normalized spacial score (nSPS) is 11.7. The molecule has 1 aromatic heterocycles. The van der Waals surface area contributed by atoms with Gasteiger partial charge >= 0.3 is 12.1 Å². The maximum atomic E-state index is 12.3. The summed E-state index contributed by atoms with van der Waals surface area (Å²) in [6.07, 6.45) is -2.66. The number of hydrogen-bond acceptors (Lipinski definition) is 4. The molecule has 0 saturated heterocycles. The van der Waals surface area contributed by atoms with Gasteiger partial charge in [-0.1, -0.05) is 11.6 Å². The fraction of sp³-hybridized carbons (Fsp3) is 0.250. The maximum Gasteiger partial charge on any atom is 0.433 e. The first kappa shape index (κ1) is 16.2. The molecule has 1 heterocycles. The largest absolute Gasteiger partial charge is 0.460 e. The minimum atomic E-state index is -4.60. The highest BCUT2D eigenvalue weighted by Gasteiger charge is 2.32. The van der Waals surface area contributed by atoms with Crippen molar-refractivity contribution in [3.05, 3.63) is 34.6 Å². The number of aromatic nitrogens is 1. The average Bonchev–Trinajstić information content (AvgIpc) is 2.36. The molecular formula is C12H9ClF3NO3. The van der Waals surface area contributed by atoms with Crippen molar-refractivity contribution >= 4 is 29.4 Å². The van der Waals surface area contributed by atoms with Gasteiger partial charge in [0.1, 0.15) is 10.8 Å². The lowest BCUT2D eigenvalue weighted by molar-refractivity contribution is -0.151. The Morgan fingerprint density at radius 1 is 1.40 bits per heavy atom. The van der Waals surface area contributed by atoms with Crippen molar-refractivity contribution < 1.29 is 27.5 Å². The van der Waals surface area contributed by atoms with E-state index in [4.69, 9.17) is 11.6 Å². The van der Waals surface area contributed by atoms with E-state index in [0.29, 0.717) is 0 Å². The Labute approximate surface area is 117 Å². The van der Waals surface area contributed by atoms with E-state index in [1.807, 2.05) is 0 Å². The van der Waals surface area contributed by atoms with Crippen LogP contribution >= 0.6 is 11.6 Å². The summed E-state index contributed by atoms with van der Waals surface area (Å²) < 4.78 is 41.5. The number of nitrogens with zero attached hydrogens (tertiary/aromatic N) is 1. The molecule has 0 aliphatic carbocycles. The van der Waals surface area contributed by atoms with Crippen LogP contribution in [0.3, 0.4) is 0 Å². The molecule has 0 aromatic carbocycles. The SMILES string of the molecule is CCOC(=O)C(=O)/C=C/c1ccc(C(F)(F)F)nc1Cl. The first-order valence-electron chi connectivity index (χ1n) is 5.38. The van der Waals surface area contributed by atoms with Gasteiger partial charge in [0.05, 0.1) is 6.61 Å². The van der Waals surface area contributed by atoms with E-state index in [1.54, 1.807) is 0 Å². The molecule has 108 valence electrons. The minimum absolute atomic E-state index is 0.0427. The molecule has 0 bridgehead atoms. The van der Waals surface area contributed by atoms with Crippen molar-refractivity contribution in [3.8, 4) is 0 Å². The zero-order valence-electron chi connectivity index (χ0n) is 10.2. The van der Waals surface area contributed by atoms with Crippen LogP contribution in [0, 0.1) is 0 Å². The molecule has 0 amide bonds. The summed E-state index contributed by atoms with van der Waals surface area (Å²) in [5.74, 6) is -2.00. The summed E-state index contributed by atoms with van der Waals surface area (Å²) in [6.45, 7) is 1.58. The predicted octanol–water partition coefficient (Wildman–Crippen LogP) is 2.90. The number of esters is 1. The number of halogens is 4. The van der Waals surface area contributed by atoms with Gasteiger partial charge in [0, 0.05) is 5.56 Å². The summed E-state index contributed by atoms with van der Waals surface area (Å²) >= 11 is 5.57. The number of hydrogen-bond donors (Lipinski definition) is 0. The molecular weight excluding hydrogens is 299 g/mol. The van der Waals surface area contributed by atoms with E-state index < -0.39 is 28.8 Å².